The molecule has 1 saturated carbocycles. The molecule has 0 spiro atoms. The zero-order valence-corrected chi connectivity index (χ0v) is 14.2. The maximum atomic E-state index is 12.8. The number of hydrogen-bond donors (Lipinski definition) is 1. The first-order valence-corrected chi connectivity index (χ1v) is 8.13. The van der Waals surface area contributed by atoms with Gasteiger partial charge in [-0.25, -0.2) is 0 Å². The van der Waals surface area contributed by atoms with Crippen molar-refractivity contribution in [1.29, 1.82) is 0 Å². The SMILES string of the molecule is CNC1CCC(N(C)C(=O)c2cc(Cl)cn2C(C)C)CC1. The van der Waals surface area contributed by atoms with Gasteiger partial charge >= 0.3 is 0 Å². The summed E-state index contributed by atoms with van der Waals surface area (Å²) in [5.74, 6) is 0.0727. The van der Waals surface area contributed by atoms with Crippen LogP contribution in [0, 0.1) is 0 Å². The van der Waals surface area contributed by atoms with Crippen molar-refractivity contribution in [2.24, 2.45) is 0 Å². The van der Waals surface area contributed by atoms with Crippen molar-refractivity contribution < 1.29 is 4.79 Å². The molecule has 1 aliphatic carbocycles. The molecule has 5 heteroatoms. The largest absolute Gasteiger partial charge is 0.339 e. The first-order valence-electron chi connectivity index (χ1n) is 7.75. The van der Waals surface area contributed by atoms with Crippen molar-refractivity contribution in [3.8, 4) is 0 Å². The molecule has 118 valence electrons. The van der Waals surface area contributed by atoms with Gasteiger partial charge < -0.3 is 14.8 Å². The fraction of sp³-hybridized carbons (Fsp3) is 0.688. The Morgan fingerprint density at radius 3 is 2.52 bits per heavy atom. The molecule has 0 unspecified atom stereocenters. The minimum absolute atomic E-state index is 0.0727. The highest BCUT2D eigenvalue weighted by atomic mass is 35.5. The van der Waals surface area contributed by atoms with Crippen molar-refractivity contribution in [3.05, 3.63) is 23.0 Å². The lowest BCUT2D eigenvalue weighted by Crippen LogP contribution is -2.43. The highest BCUT2D eigenvalue weighted by molar-refractivity contribution is 6.31. The van der Waals surface area contributed by atoms with E-state index >= 15 is 0 Å². The van der Waals surface area contributed by atoms with Crippen LogP contribution in [-0.4, -0.2) is 41.6 Å². The topological polar surface area (TPSA) is 37.3 Å². The molecule has 1 N–H and O–H groups in total. The van der Waals surface area contributed by atoms with Gasteiger partial charge in [0.25, 0.3) is 5.91 Å². The summed E-state index contributed by atoms with van der Waals surface area (Å²) in [5, 5.41) is 3.95. The van der Waals surface area contributed by atoms with Crippen molar-refractivity contribution >= 4 is 17.5 Å². The van der Waals surface area contributed by atoms with Gasteiger partial charge in [0, 0.05) is 31.4 Å². The Hall–Kier alpha value is -1.00. The van der Waals surface area contributed by atoms with E-state index in [2.05, 4.69) is 19.2 Å². The van der Waals surface area contributed by atoms with E-state index in [1.165, 1.54) is 0 Å². The molecule has 0 atom stereocenters. The fourth-order valence-electron chi connectivity index (χ4n) is 3.14. The summed E-state index contributed by atoms with van der Waals surface area (Å²) in [4.78, 5) is 14.7. The van der Waals surface area contributed by atoms with Gasteiger partial charge in [0.05, 0.1) is 5.02 Å². The monoisotopic (exact) mass is 311 g/mol. The van der Waals surface area contributed by atoms with Crippen LogP contribution < -0.4 is 5.32 Å². The number of carbonyl (C=O) groups excluding carboxylic acids is 1. The Morgan fingerprint density at radius 2 is 2.00 bits per heavy atom. The lowest BCUT2D eigenvalue weighted by Gasteiger charge is -2.34. The standard InChI is InChI=1S/C16H26ClN3O/c1-11(2)20-10-12(17)9-15(20)16(21)19(4)14-7-5-13(18-3)6-8-14/h9-11,13-14,18H,5-8H2,1-4H3. The second kappa shape index (κ2) is 6.84. The Bertz CT molecular complexity index is 490. The molecular weight excluding hydrogens is 286 g/mol. The summed E-state index contributed by atoms with van der Waals surface area (Å²) in [6, 6.07) is 2.93. The van der Waals surface area contributed by atoms with E-state index in [9.17, 15) is 4.79 Å². The number of nitrogens with one attached hydrogen (secondary N) is 1. The van der Waals surface area contributed by atoms with Crippen LogP contribution in [0.3, 0.4) is 0 Å². The Morgan fingerprint density at radius 1 is 1.38 bits per heavy atom. The molecule has 1 aromatic rings. The van der Waals surface area contributed by atoms with Gasteiger partial charge in [0.1, 0.15) is 5.69 Å². The van der Waals surface area contributed by atoms with E-state index in [-0.39, 0.29) is 11.9 Å². The van der Waals surface area contributed by atoms with Crippen LogP contribution in [-0.2, 0) is 0 Å². The average molecular weight is 312 g/mol. The number of aromatic nitrogens is 1. The Labute approximate surface area is 132 Å². The molecule has 21 heavy (non-hydrogen) atoms. The fourth-order valence-corrected chi connectivity index (χ4v) is 3.35. The molecule has 1 fully saturated rings. The van der Waals surface area contributed by atoms with Crippen molar-refractivity contribution in [1.82, 2.24) is 14.8 Å². The third-order valence-electron chi connectivity index (χ3n) is 4.56. The van der Waals surface area contributed by atoms with E-state index in [0.717, 1.165) is 25.7 Å². The second-order valence-corrected chi connectivity index (χ2v) is 6.69. The van der Waals surface area contributed by atoms with Crippen LogP contribution in [0.15, 0.2) is 12.3 Å². The minimum atomic E-state index is 0.0727. The maximum Gasteiger partial charge on any atom is 0.270 e. The number of rotatable bonds is 4. The minimum Gasteiger partial charge on any atom is -0.339 e. The van der Waals surface area contributed by atoms with Crippen molar-refractivity contribution in [2.45, 2.75) is 57.7 Å². The van der Waals surface area contributed by atoms with Crippen LogP contribution in [0.5, 0.6) is 0 Å². The molecule has 1 aliphatic rings. The normalized spacial score (nSPS) is 22.6. The molecular formula is C16H26ClN3O. The second-order valence-electron chi connectivity index (χ2n) is 6.25. The summed E-state index contributed by atoms with van der Waals surface area (Å²) >= 11 is 6.08. The molecule has 0 radical (unpaired) electrons. The summed E-state index contributed by atoms with van der Waals surface area (Å²) in [7, 11) is 3.93. The number of carbonyl (C=O) groups is 1. The number of halogens is 1. The van der Waals surface area contributed by atoms with E-state index in [1.807, 2.05) is 29.8 Å². The zero-order chi connectivity index (χ0) is 15.6. The van der Waals surface area contributed by atoms with Gasteiger partial charge in [-0.1, -0.05) is 11.6 Å². The molecule has 0 bridgehead atoms. The van der Waals surface area contributed by atoms with Gasteiger partial charge in [0.15, 0.2) is 0 Å². The summed E-state index contributed by atoms with van der Waals surface area (Å²) in [5.41, 5.74) is 0.688. The van der Waals surface area contributed by atoms with Crippen LogP contribution in [0.2, 0.25) is 5.02 Å². The quantitative estimate of drug-likeness (QED) is 0.926. The van der Waals surface area contributed by atoms with E-state index in [4.69, 9.17) is 11.6 Å². The first-order chi connectivity index (χ1) is 9.93. The van der Waals surface area contributed by atoms with Crippen LogP contribution >= 0.6 is 11.6 Å². The molecule has 0 aromatic carbocycles. The van der Waals surface area contributed by atoms with Crippen LogP contribution in [0.1, 0.15) is 56.1 Å². The van der Waals surface area contributed by atoms with E-state index < -0.39 is 0 Å². The van der Waals surface area contributed by atoms with E-state index in [1.54, 1.807) is 6.07 Å². The zero-order valence-electron chi connectivity index (χ0n) is 13.4. The highest BCUT2D eigenvalue weighted by Gasteiger charge is 2.28. The Kier molecular flexibility index (Phi) is 5.33. The third kappa shape index (κ3) is 3.61. The smallest absolute Gasteiger partial charge is 0.270 e. The molecule has 0 aliphatic heterocycles. The number of hydrogen-bond acceptors (Lipinski definition) is 2. The summed E-state index contributed by atoms with van der Waals surface area (Å²) < 4.78 is 1.96. The molecule has 1 heterocycles. The van der Waals surface area contributed by atoms with Crippen LogP contribution in [0.25, 0.3) is 0 Å². The Balaban J connectivity index is 2.09. The summed E-state index contributed by atoms with van der Waals surface area (Å²) in [6.07, 6.45) is 6.22. The van der Waals surface area contributed by atoms with Gasteiger partial charge in [-0.15, -0.1) is 0 Å². The predicted molar refractivity (Wildman–Crippen MR) is 87.0 cm³/mol. The van der Waals surface area contributed by atoms with Gasteiger partial charge in [-0.05, 0) is 52.6 Å². The number of amides is 1. The third-order valence-corrected chi connectivity index (χ3v) is 4.77. The van der Waals surface area contributed by atoms with Gasteiger partial charge in [-0.2, -0.15) is 0 Å². The van der Waals surface area contributed by atoms with E-state index in [0.29, 0.717) is 22.8 Å². The molecule has 0 saturated heterocycles. The number of nitrogens with zero attached hydrogens (tertiary/aromatic N) is 2. The molecule has 1 amide bonds. The highest BCUT2D eigenvalue weighted by Crippen LogP contribution is 2.25. The molecule has 4 nitrogen and oxygen atoms in total. The molecule has 2 rings (SSSR count). The van der Waals surface area contributed by atoms with Gasteiger partial charge in [0.2, 0.25) is 0 Å². The lowest BCUT2D eigenvalue weighted by atomic mass is 9.90. The lowest BCUT2D eigenvalue weighted by molar-refractivity contribution is 0.0673. The predicted octanol–water partition coefficient (Wildman–Crippen LogP) is 3.33. The average Bonchev–Trinajstić information content (AvgIpc) is 2.88. The van der Waals surface area contributed by atoms with Crippen molar-refractivity contribution in [3.63, 3.8) is 0 Å². The first kappa shape index (κ1) is 16.4. The van der Waals surface area contributed by atoms with Gasteiger partial charge in [-0.3, -0.25) is 4.79 Å². The molecule has 1 aromatic heterocycles. The summed E-state index contributed by atoms with van der Waals surface area (Å²) in [6.45, 7) is 4.12. The van der Waals surface area contributed by atoms with Crippen LogP contribution in [0.4, 0.5) is 0 Å². The van der Waals surface area contributed by atoms with Crippen molar-refractivity contribution in [2.75, 3.05) is 14.1 Å². The maximum absolute atomic E-state index is 12.8.